The second kappa shape index (κ2) is 9.96. The van der Waals surface area contributed by atoms with Crippen LogP contribution in [0.15, 0.2) is 23.1 Å². The van der Waals surface area contributed by atoms with Crippen LogP contribution in [0.1, 0.15) is 13.3 Å². The third-order valence-electron chi connectivity index (χ3n) is 4.12. The lowest BCUT2D eigenvalue weighted by Crippen LogP contribution is -2.52. The Morgan fingerprint density at radius 2 is 2.00 bits per heavy atom. The zero-order valence-corrected chi connectivity index (χ0v) is 16.8. The molecular formula is C16H26ClN3O5S. The molecule has 8 nitrogen and oxygen atoms in total. The van der Waals surface area contributed by atoms with Gasteiger partial charge in [-0.1, -0.05) is 0 Å². The zero-order chi connectivity index (χ0) is 18.4. The molecule has 10 heteroatoms. The van der Waals surface area contributed by atoms with Crippen LogP contribution in [0.25, 0.3) is 0 Å². The number of nitrogens with zero attached hydrogens (tertiary/aromatic N) is 1. The van der Waals surface area contributed by atoms with E-state index in [1.165, 1.54) is 32.4 Å². The van der Waals surface area contributed by atoms with E-state index < -0.39 is 10.0 Å². The quantitative estimate of drug-likeness (QED) is 0.687. The van der Waals surface area contributed by atoms with Gasteiger partial charge in [0.25, 0.3) is 0 Å². The van der Waals surface area contributed by atoms with Gasteiger partial charge in [-0.3, -0.25) is 4.79 Å². The Labute approximate surface area is 160 Å². The Bertz CT molecular complexity index is 714. The SMILES string of the molecule is COc1ccc(S(=O)(=O)NCCC(=O)N2CCNCC2C)cc1OC.Cl. The van der Waals surface area contributed by atoms with Gasteiger partial charge >= 0.3 is 0 Å². The number of hydrogen-bond acceptors (Lipinski definition) is 6. The maximum atomic E-state index is 12.4. The first-order valence-electron chi connectivity index (χ1n) is 8.11. The number of nitrogens with one attached hydrogen (secondary N) is 2. The van der Waals surface area contributed by atoms with E-state index in [9.17, 15) is 13.2 Å². The van der Waals surface area contributed by atoms with Crippen molar-refractivity contribution in [2.45, 2.75) is 24.3 Å². The van der Waals surface area contributed by atoms with Gasteiger partial charge in [0, 0.05) is 44.7 Å². The second-order valence-electron chi connectivity index (χ2n) is 5.80. The van der Waals surface area contributed by atoms with Gasteiger partial charge in [0.05, 0.1) is 19.1 Å². The number of carbonyl (C=O) groups is 1. The van der Waals surface area contributed by atoms with Gasteiger partial charge in [0.1, 0.15) is 0 Å². The molecule has 1 aliphatic rings. The van der Waals surface area contributed by atoms with E-state index in [2.05, 4.69) is 10.0 Å². The lowest BCUT2D eigenvalue weighted by Gasteiger charge is -2.34. The predicted molar refractivity (Wildman–Crippen MR) is 101 cm³/mol. The summed E-state index contributed by atoms with van der Waals surface area (Å²) >= 11 is 0. The molecule has 0 radical (unpaired) electrons. The van der Waals surface area contributed by atoms with E-state index in [-0.39, 0.29) is 42.2 Å². The molecule has 0 spiro atoms. The van der Waals surface area contributed by atoms with Crippen LogP contribution in [0.2, 0.25) is 0 Å². The van der Waals surface area contributed by atoms with Gasteiger partial charge in [-0.2, -0.15) is 0 Å². The average Bonchev–Trinajstić information content (AvgIpc) is 2.61. The molecule has 148 valence electrons. The Balaban J connectivity index is 0.00000338. The minimum Gasteiger partial charge on any atom is -0.493 e. The number of rotatable bonds is 7. The van der Waals surface area contributed by atoms with E-state index in [1.54, 1.807) is 4.90 Å². The normalized spacial score (nSPS) is 17.3. The van der Waals surface area contributed by atoms with E-state index in [0.29, 0.717) is 18.0 Å². The fourth-order valence-corrected chi connectivity index (χ4v) is 3.76. The summed E-state index contributed by atoms with van der Waals surface area (Å²) in [4.78, 5) is 14.1. The van der Waals surface area contributed by atoms with Crippen molar-refractivity contribution in [3.63, 3.8) is 0 Å². The average molecular weight is 408 g/mol. The van der Waals surface area contributed by atoms with Crippen LogP contribution in [0, 0.1) is 0 Å². The number of carbonyl (C=O) groups excluding carboxylic acids is 1. The molecule has 1 aromatic carbocycles. The zero-order valence-electron chi connectivity index (χ0n) is 15.1. The smallest absolute Gasteiger partial charge is 0.240 e. The van der Waals surface area contributed by atoms with Gasteiger partial charge < -0.3 is 19.7 Å². The first-order valence-corrected chi connectivity index (χ1v) is 9.59. The second-order valence-corrected chi connectivity index (χ2v) is 7.57. The summed E-state index contributed by atoms with van der Waals surface area (Å²) in [6.07, 6.45) is 0.122. The molecule has 1 aromatic rings. The molecule has 1 fully saturated rings. The minimum absolute atomic E-state index is 0. The lowest BCUT2D eigenvalue weighted by atomic mass is 10.2. The number of benzene rings is 1. The number of ether oxygens (including phenoxy) is 2. The van der Waals surface area contributed by atoms with E-state index in [1.807, 2.05) is 6.92 Å². The molecule has 0 aliphatic carbocycles. The summed E-state index contributed by atoms with van der Waals surface area (Å²) in [6.45, 7) is 4.17. The molecule has 1 unspecified atom stereocenters. The molecular weight excluding hydrogens is 382 g/mol. The molecule has 1 heterocycles. The number of piperazine rings is 1. The van der Waals surface area contributed by atoms with Crippen molar-refractivity contribution in [1.29, 1.82) is 0 Å². The van der Waals surface area contributed by atoms with Gasteiger partial charge in [-0.05, 0) is 19.1 Å². The summed E-state index contributed by atoms with van der Waals surface area (Å²) < 4.78 is 37.4. The highest BCUT2D eigenvalue weighted by molar-refractivity contribution is 7.89. The molecule has 1 saturated heterocycles. The summed E-state index contributed by atoms with van der Waals surface area (Å²) in [5, 5.41) is 3.21. The third kappa shape index (κ3) is 5.47. The summed E-state index contributed by atoms with van der Waals surface area (Å²) in [6, 6.07) is 4.47. The van der Waals surface area contributed by atoms with Crippen LogP contribution in [0.3, 0.4) is 0 Å². The van der Waals surface area contributed by atoms with Crippen LogP contribution < -0.4 is 19.5 Å². The molecule has 2 N–H and O–H groups in total. The summed E-state index contributed by atoms with van der Waals surface area (Å²) in [7, 11) is -0.808. The van der Waals surface area contributed by atoms with Crippen molar-refractivity contribution in [1.82, 2.24) is 14.9 Å². The molecule has 0 aromatic heterocycles. The van der Waals surface area contributed by atoms with Crippen molar-refractivity contribution < 1.29 is 22.7 Å². The maximum Gasteiger partial charge on any atom is 0.240 e. The third-order valence-corrected chi connectivity index (χ3v) is 5.58. The lowest BCUT2D eigenvalue weighted by molar-refractivity contribution is -0.133. The van der Waals surface area contributed by atoms with Gasteiger partial charge in [-0.15, -0.1) is 12.4 Å². The largest absolute Gasteiger partial charge is 0.493 e. The van der Waals surface area contributed by atoms with E-state index in [0.717, 1.165) is 13.1 Å². The van der Waals surface area contributed by atoms with Crippen LogP contribution in [0.5, 0.6) is 11.5 Å². The monoisotopic (exact) mass is 407 g/mol. The molecule has 26 heavy (non-hydrogen) atoms. The number of hydrogen-bond donors (Lipinski definition) is 2. The van der Waals surface area contributed by atoms with Crippen LogP contribution in [-0.2, 0) is 14.8 Å². The standard InChI is InChI=1S/C16H25N3O5S.ClH/c1-12-11-17-8-9-19(12)16(20)6-7-18-25(21,22)13-4-5-14(23-2)15(10-13)24-3;/h4-5,10,12,17-18H,6-9,11H2,1-3H3;1H. The van der Waals surface area contributed by atoms with Gasteiger partial charge in [0.2, 0.25) is 15.9 Å². The first kappa shape index (κ1) is 22.5. The fourth-order valence-electron chi connectivity index (χ4n) is 2.71. The Hall–Kier alpha value is -1.55. The van der Waals surface area contributed by atoms with Crippen LogP contribution in [0.4, 0.5) is 0 Å². The van der Waals surface area contributed by atoms with Crippen molar-refractivity contribution >= 4 is 28.3 Å². The van der Waals surface area contributed by atoms with E-state index >= 15 is 0 Å². The fraction of sp³-hybridized carbons (Fsp3) is 0.562. The van der Waals surface area contributed by atoms with Crippen LogP contribution in [-0.4, -0.2) is 65.7 Å². The number of amides is 1. The first-order chi connectivity index (χ1) is 11.9. The number of halogens is 1. The van der Waals surface area contributed by atoms with Gasteiger partial charge in [0.15, 0.2) is 11.5 Å². The Morgan fingerprint density at radius 3 is 2.62 bits per heavy atom. The molecule has 1 aliphatic heterocycles. The summed E-state index contributed by atoms with van der Waals surface area (Å²) in [5.41, 5.74) is 0. The number of methoxy groups -OCH3 is 2. The molecule has 2 rings (SSSR count). The predicted octanol–water partition coefficient (Wildman–Crippen LogP) is 0.614. The number of sulfonamides is 1. The Kier molecular flexibility index (Phi) is 8.61. The van der Waals surface area contributed by atoms with E-state index in [4.69, 9.17) is 9.47 Å². The molecule has 0 saturated carbocycles. The Morgan fingerprint density at radius 1 is 1.31 bits per heavy atom. The molecule has 0 bridgehead atoms. The van der Waals surface area contributed by atoms with Crippen LogP contribution >= 0.6 is 12.4 Å². The van der Waals surface area contributed by atoms with Gasteiger partial charge in [-0.25, -0.2) is 13.1 Å². The van der Waals surface area contributed by atoms with Crippen molar-refractivity contribution in [3.8, 4) is 11.5 Å². The van der Waals surface area contributed by atoms with Crippen molar-refractivity contribution in [2.24, 2.45) is 0 Å². The highest BCUT2D eigenvalue weighted by Crippen LogP contribution is 2.29. The van der Waals surface area contributed by atoms with Crippen molar-refractivity contribution in [3.05, 3.63) is 18.2 Å². The summed E-state index contributed by atoms with van der Waals surface area (Å²) in [5.74, 6) is 0.726. The maximum absolute atomic E-state index is 12.4. The highest BCUT2D eigenvalue weighted by Gasteiger charge is 2.23. The molecule has 1 atom stereocenters. The molecule has 1 amide bonds. The minimum atomic E-state index is -3.73. The highest BCUT2D eigenvalue weighted by atomic mass is 35.5. The van der Waals surface area contributed by atoms with Crippen molar-refractivity contribution in [2.75, 3.05) is 40.4 Å². The topological polar surface area (TPSA) is 97.0 Å².